The Balaban J connectivity index is 1.27. The van der Waals surface area contributed by atoms with Gasteiger partial charge in [-0.1, -0.05) is 11.6 Å². The van der Waals surface area contributed by atoms with E-state index in [9.17, 15) is 14.4 Å². The molecule has 5 N–H and O–H groups in total. The highest BCUT2D eigenvalue weighted by Crippen LogP contribution is 2.33. The van der Waals surface area contributed by atoms with Crippen LogP contribution in [0.1, 0.15) is 92.2 Å². The molecule has 1 aromatic heterocycles. The average molecular weight is 640 g/mol. The zero-order valence-corrected chi connectivity index (χ0v) is 28.1. The standard InChI is InChI=1S/C30H53N7O6S/c1-28(2,13-15-38)34-25(40)11-16-42-30(5,6)20-43-29(3,4)12-14-37-18-21(35-36-37)17-31-24(39)10-8-7-9-23-26-22(19-44-23)32-27(41)33-26/h18,22-23,26,38H,7-17,19-20H2,1-6H3,(H,31,39)(H,34,40)(H2,32,33,41)/t22-,23-,26-/m0/s1. The van der Waals surface area contributed by atoms with E-state index in [4.69, 9.17) is 14.6 Å². The minimum absolute atomic E-state index is 0.00197. The highest BCUT2D eigenvalue weighted by Gasteiger charge is 2.42. The number of aliphatic hydroxyl groups is 1. The molecule has 44 heavy (non-hydrogen) atoms. The number of thioether (sulfide) groups is 1. The smallest absolute Gasteiger partial charge is 0.315 e. The minimum Gasteiger partial charge on any atom is -0.396 e. The lowest BCUT2D eigenvalue weighted by Gasteiger charge is -2.32. The number of hydrogen-bond donors (Lipinski definition) is 5. The second kappa shape index (κ2) is 16.2. The van der Waals surface area contributed by atoms with Gasteiger partial charge in [0.05, 0.1) is 55.7 Å². The second-order valence-electron chi connectivity index (χ2n) is 13.7. The first-order chi connectivity index (χ1) is 20.7. The molecule has 2 fully saturated rings. The van der Waals surface area contributed by atoms with Crippen LogP contribution in [0.15, 0.2) is 6.20 Å². The summed E-state index contributed by atoms with van der Waals surface area (Å²) in [5.41, 5.74) is -0.763. The molecular formula is C30H53N7O6S. The van der Waals surface area contributed by atoms with Gasteiger partial charge in [0, 0.05) is 36.1 Å². The number of nitrogens with zero attached hydrogens (tertiary/aromatic N) is 3. The number of urea groups is 1. The van der Waals surface area contributed by atoms with Crippen molar-refractivity contribution in [3.8, 4) is 0 Å². The van der Waals surface area contributed by atoms with Crippen molar-refractivity contribution in [2.45, 2.75) is 134 Å². The number of aromatic nitrogens is 3. The molecule has 250 valence electrons. The molecule has 13 nitrogen and oxygen atoms in total. The van der Waals surface area contributed by atoms with Gasteiger partial charge in [-0.05, 0) is 67.2 Å². The molecule has 0 saturated carbocycles. The SMILES string of the molecule is CC(C)(CCO)NC(=O)CCOC(C)(C)COC(C)(C)CCn1cc(CNC(=O)CCCC[C@@H]2SC[C@@H]3NC(=O)N[C@@H]32)nn1. The first-order valence-corrected chi connectivity index (χ1v) is 16.8. The molecule has 0 aliphatic carbocycles. The molecule has 0 aromatic carbocycles. The van der Waals surface area contributed by atoms with Gasteiger partial charge < -0.3 is 35.8 Å². The summed E-state index contributed by atoms with van der Waals surface area (Å²) in [6.45, 7) is 13.3. The Bertz CT molecular complexity index is 1100. The highest BCUT2D eigenvalue weighted by molar-refractivity contribution is 8.00. The molecule has 0 bridgehead atoms. The van der Waals surface area contributed by atoms with Gasteiger partial charge in [0.1, 0.15) is 5.69 Å². The van der Waals surface area contributed by atoms with Gasteiger partial charge in [-0.2, -0.15) is 11.8 Å². The predicted octanol–water partition coefficient (Wildman–Crippen LogP) is 2.27. The lowest BCUT2D eigenvalue weighted by atomic mass is 10.0. The number of carbonyl (C=O) groups excluding carboxylic acids is 3. The van der Waals surface area contributed by atoms with E-state index in [2.05, 4.69) is 31.6 Å². The Labute approximate surface area is 265 Å². The topological polar surface area (TPSA) is 169 Å². The van der Waals surface area contributed by atoms with Gasteiger partial charge in [0.2, 0.25) is 11.8 Å². The largest absolute Gasteiger partial charge is 0.396 e. The van der Waals surface area contributed by atoms with E-state index in [0.717, 1.165) is 25.0 Å². The zero-order valence-electron chi connectivity index (χ0n) is 27.2. The van der Waals surface area contributed by atoms with Crippen molar-refractivity contribution in [1.29, 1.82) is 0 Å². The van der Waals surface area contributed by atoms with Crippen LogP contribution in [0.3, 0.4) is 0 Å². The quantitative estimate of drug-likeness (QED) is 0.106. The summed E-state index contributed by atoms with van der Waals surface area (Å²) in [7, 11) is 0. The fraction of sp³-hybridized carbons (Fsp3) is 0.833. The van der Waals surface area contributed by atoms with Crippen LogP contribution in [0, 0.1) is 0 Å². The maximum atomic E-state index is 12.3. The third kappa shape index (κ3) is 12.5. The van der Waals surface area contributed by atoms with Gasteiger partial charge in [-0.25, -0.2) is 4.79 Å². The number of carbonyl (C=O) groups is 3. The van der Waals surface area contributed by atoms with E-state index in [1.54, 1.807) is 4.68 Å². The lowest BCUT2D eigenvalue weighted by molar-refractivity contribution is -0.134. The number of amides is 4. The van der Waals surface area contributed by atoms with E-state index in [0.29, 0.717) is 49.9 Å². The summed E-state index contributed by atoms with van der Waals surface area (Å²) in [4.78, 5) is 36.1. The van der Waals surface area contributed by atoms with E-state index >= 15 is 0 Å². The maximum Gasteiger partial charge on any atom is 0.315 e. The van der Waals surface area contributed by atoms with Crippen molar-refractivity contribution in [2.24, 2.45) is 0 Å². The van der Waals surface area contributed by atoms with Crippen LogP contribution in [0.4, 0.5) is 4.79 Å². The molecule has 4 amide bonds. The number of rotatable bonds is 20. The van der Waals surface area contributed by atoms with Crippen LogP contribution < -0.4 is 21.3 Å². The zero-order chi connectivity index (χ0) is 32.4. The van der Waals surface area contributed by atoms with Crippen molar-refractivity contribution >= 4 is 29.6 Å². The monoisotopic (exact) mass is 639 g/mol. The van der Waals surface area contributed by atoms with Crippen LogP contribution in [0.25, 0.3) is 0 Å². The molecule has 2 aliphatic rings. The van der Waals surface area contributed by atoms with Crippen molar-refractivity contribution in [3.05, 3.63) is 11.9 Å². The van der Waals surface area contributed by atoms with Gasteiger partial charge in [-0.3, -0.25) is 14.3 Å². The molecule has 0 unspecified atom stereocenters. The number of unbranched alkanes of at least 4 members (excludes halogenated alkanes) is 1. The van der Waals surface area contributed by atoms with Gasteiger partial charge in [-0.15, -0.1) is 5.10 Å². The molecule has 1 aromatic rings. The Morgan fingerprint density at radius 2 is 1.84 bits per heavy atom. The van der Waals surface area contributed by atoms with Crippen molar-refractivity contribution in [1.82, 2.24) is 36.3 Å². The van der Waals surface area contributed by atoms with E-state index in [1.807, 2.05) is 59.5 Å². The average Bonchev–Trinajstić information content (AvgIpc) is 3.64. The number of fused-ring (bicyclic) bond motifs is 1. The minimum atomic E-state index is -0.569. The van der Waals surface area contributed by atoms with E-state index in [1.165, 1.54) is 0 Å². The third-order valence-electron chi connectivity index (χ3n) is 7.92. The first kappa shape index (κ1) is 36.1. The van der Waals surface area contributed by atoms with Crippen LogP contribution >= 0.6 is 11.8 Å². The van der Waals surface area contributed by atoms with Gasteiger partial charge in [0.15, 0.2) is 0 Å². The molecule has 3 atom stereocenters. The summed E-state index contributed by atoms with van der Waals surface area (Å²) < 4.78 is 13.9. The summed E-state index contributed by atoms with van der Waals surface area (Å²) in [6.07, 6.45) is 6.47. The summed E-state index contributed by atoms with van der Waals surface area (Å²) in [6, 6.07) is 0.365. The number of hydrogen-bond acceptors (Lipinski definition) is 9. The molecule has 3 heterocycles. The maximum absolute atomic E-state index is 12.3. The summed E-state index contributed by atoms with van der Waals surface area (Å²) in [5, 5.41) is 29.7. The highest BCUT2D eigenvalue weighted by atomic mass is 32.2. The Hall–Kier alpha value is -2.42. The molecule has 0 spiro atoms. The van der Waals surface area contributed by atoms with Crippen LogP contribution in [0.2, 0.25) is 0 Å². The fourth-order valence-corrected chi connectivity index (χ4v) is 6.69. The number of aliphatic hydroxyl groups excluding tert-OH is 1. The predicted molar refractivity (Wildman–Crippen MR) is 169 cm³/mol. The summed E-state index contributed by atoms with van der Waals surface area (Å²) >= 11 is 1.89. The summed E-state index contributed by atoms with van der Waals surface area (Å²) in [5.74, 6) is 0.833. The van der Waals surface area contributed by atoms with Crippen LogP contribution in [0.5, 0.6) is 0 Å². The van der Waals surface area contributed by atoms with E-state index in [-0.39, 0.29) is 49.6 Å². The number of nitrogens with one attached hydrogen (secondary N) is 4. The van der Waals surface area contributed by atoms with E-state index < -0.39 is 16.7 Å². The Morgan fingerprint density at radius 3 is 2.59 bits per heavy atom. The first-order valence-electron chi connectivity index (χ1n) is 15.7. The second-order valence-corrected chi connectivity index (χ2v) is 15.0. The molecule has 14 heteroatoms. The van der Waals surface area contributed by atoms with Crippen LogP contribution in [-0.2, 0) is 32.2 Å². The molecule has 0 radical (unpaired) electrons. The van der Waals surface area contributed by atoms with Crippen molar-refractivity contribution in [2.75, 3.05) is 25.6 Å². The number of ether oxygens (including phenoxy) is 2. The molecular weight excluding hydrogens is 586 g/mol. The molecule has 2 aliphatic heterocycles. The number of aryl methyl sites for hydroxylation is 1. The normalized spacial score (nSPS) is 20.2. The van der Waals surface area contributed by atoms with Gasteiger partial charge >= 0.3 is 6.03 Å². The van der Waals surface area contributed by atoms with Crippen molar-refractivity contribution in [3.63, 3.8) is 0 Å². The molecule has 3 rings (SSSR count). The van der Waals surface area contributed by atoms with Crippen LogP contribution in [-0.4, -0.2) is 97.6 Å². The third-order valence-corrected chi connectivity index (χ3v) is 9.43. The van der Waals surface area contributed by atoms with Gasteiger partial charge in [0.25, 0.3) is 0 Å². The Morgan fingerprint density at radius 1 is 1.07 bits per heavy atom. The Kier molecular flexibility index (Phi) is 13.3. The fourth-order valence-electron chi connectivity index (χ4n) is 5.15. The lowest BCUT2D eigenvalue weighted by Crippen LogP contribution is -2.44. The molecule has 2 saturated heterocycles. The van der Waals surface area contributed by atoms with Crippen molar-refractivity contribution < 1.29 is 29.0 Å².